The number of hydrogen-bond acceptors (Lipinski definition) is 3. The van der Waals surface area contributed by atoms with Crippen LogP contribution in [0.5, 0.6) is 5.75 Å². The first-order valence-corrected chi connectivity index (χ1v) is 8.32. The van der Waals surface area contributed by atoms with Gasteiger partial charge in [0.25, 0.3) is 6.43 Å². The molecule has 0 atom stereocenters. The third-order valence-corrected chi connectivity index (χ3v) is 4.34. The maximum absolute atomic E-state index is 12.8. The van der Waals surface area contributed by atoms with Crippen molar-refractivity contribution in [3.63, 3.8) is 0 Å². The number of hydrogen-bond donors (Lipinski definition) is 0. The third-order valence-electron chi connectivity index (χ3n) is 2.91. The van der Waals surface area contributed by atoms with E-state index in [9.17, 15) is 13.6 Å². The molecule has 2 rings (SSSR count). The predicted molar refractivity (Wildman–Crippen MR) is 93.9 cm³/mol. The standard InChI is InChI=1S/C15H12BrF2INO3.Y/c1-22-8-23-9-2-3-10(11(16)6-9)13-5-4-12(19)15(21)20(13)7-14(17)18;/h2-4,6,14H,7-8H2,1H3;/q-1;. The molecule has 0 spiro atoms. The first kappa shape index (κ1) is 22.1. The second-order valence-electron chi connectivity index (χ2n) is 4.48. The molecule has 0 unspecified atom stereocenters. The van der Waals surface area contributed by atoms with Crippen LogP contribution in [0, 0.1) is 9.64 Å². The minimum atomic E-state index is -2.64. The fourth-order valence-electron chi connectivity index (χ4n) is 1.94. The van der Waals surface area contributed by atoms with Gasteiger partial charge in [0.05, 0.1) is 6.54 Å². The van der Waals surface area contributed by atoms with Gasteiger partial charge >= 0.3 is 0 Å². The quantitative estimate of drug-likeness (QED) is 0.292. The number of nitrogens with zero attached hydrogens (tertiary/aromatic N) is 1. The summed E-state index contributed by atoms with van der Waals surface area (Å²) in [7, 11) is 1.51. The van der Waals surface area contributed by atoms with Gasteiger partial charge in [0.2, 0.25) is 5.56 Å². The molecule has 127 valence electrons. The molecule has 0 N–H and O–H groups in total. The van der Waals surface area contributed by atoms with Crippen molar-refractivity contribution in [2.45, 2.75) is 13.0 Å². The monoisotopic (exact) mass is 587 g/mol. The van der Waals surface area contributed by atoms with Gasteiger partial charge in [0.15, 0.2) is 6.79 Å². The van der Waals surface area contributed by atoms with Gasteiger partial charge in [-0.15, -0.1) is 28.7 Å². The number of pyridine rings is 1. The Hall–Kier alpha value is 0.104. The predicted octanol–water partition coefficient (Wildman–Crippen LogP) is 3.93. The van der Waals surface area contributed by atoms with Gasteiger partial charge in [-0.05, 0) is 20.2 Å². The maximum atomic E-state index is 12.8. The molecule has 1 radical (unpaired) electrons. The number of ether oxygens (including phenoxy) is 2. The molecular weight excluding hydrogens is 576 g/mol. The smallest absolute Gasteiger partial charge is 0.256 e. The average Bonchev–Trinajstić information content (AvgIpc) is 2.50. The van der Waals surface area contributed by atoms with Crippen LogP contribution in [0.4, 0.5) is 8.78 Å². The number of aromatic nitrogens is 1. The summed E-state index contributed by atoms with van der Waals surface area (Å²) in [5.41, 5.74) is 0.399. The van der Waals surface area contributed by atoms with Gasteiger partial charge in [-0.25, -0.2) is 8.78 Å². The van der Waals surface area contributed by atoms with Crippen molar-refractivity contribution in [1.29, 1.82) is 0 Å². The summed E-state index contributed by atoms with van der Waals surface area (Å²) in [6, 6.07) is 9.41. The first-order chi connectivity index (χ1) is 10.9. The van der Waals surface area contributed by atoms with E-state index in [2.05, 4.69) is 22.0 Å². The molecule has 2 aromatic rings. The molecule has 9 heteroatoms. The Morgan fingerprint density at radius 1 is 1.42 bits per heavy atom. The Bertz CT molecular complexity index is 758. The Morgan fingerprint density at radius 3 is 2.71 bits per heavy atom. The summed E-state index contributed by atoms with van der Waals surface area (Å²) >= 11 is 5.18. The minimum absolute atomic E-state index is 0. The topological polar surface area (TPSA) is 40.5 Å². The summed E-state index contributed by atoms with van der Waals surface area (Å²) in [6.07, 6.45) is -2.64. The molecule has 0 aliphatic rings. The van der Waals surface area contributed by atoms with E-state index in [0.29, 0.717) is 25.0 Å². The normalized spacial score (nSPS) is 10.6. The summed E-state index contributed by atoms with van der Waals surface area (Å²) in [5, 5.41) is 0. The van der Waals surface area contributed by atoms with E-state index in [1.807, 2.05) is 0 Å². The molecule has 0 saturated carbocycles. The SMILES string of the molecule is COCOc1ccc(-c2[c-]cc(I)c(=O)n2CC(F)F)c(Br)c1.[Y]. The van der Waals surface area contributed by atoms with E-state index in [1.165, 1.54) is 13.2 Å². The largest absolute Gasteiger partial charge is 0.468 e. The molecule has 0 amide bonds. The fourth-order valence-corrected chi connectivity index (χ4v) is 2.93. The summed E-state index contributed by atoms with van der Waals surface area (Å²) in [4.78, 5) is 12.2. The van der Waals surface area contributed by atoms with Gasteiger partial charge in [-0.1, -0.05) is 27.2 Å². The zero-order valence-corrected chi connectivity index (χ0v) is 19.1. The molecule has 0 aliphatic heterocycles. The van der Waals surface area contributed by atoms with Crippen LogP contribution in [0.3, 0.4) is 0 Å². The Labute approximate surface area is 185 Å². The molecule has 4 nitrogen and oxygen atoms in total. The van der Waals surface area contributed by atoms with Gasteiger partial charge in [-0.2, -0.15) is 12.1 Å². The number of benzene rings is 1. The molecule has 0 aliphatic carbocycles. The molecule has 1 aromatic carbocycles. The van der Waals surface area contributed by atoms with Crippen molar-refractivity contribution in [2.75, 3.05) is 13.9 Å². The van der Waals surface area contributed by atoms with Gasteiger partial charge < -0.3 is 14.0 Å². The zero-order valence-electron chi connectivity index (χ0n) is 12.6. The Kier molecular flexibility index (Phi) is 9.50. The number of alkyl halides is 2. The molecule has 0 fully saturated rings. The third kappa shape index (κ3) is 5.55. The zero-order chi connectivity index (χ0) is 17.0. The minimum Gasteiger partial charge on any atom is -0.468 e. The first-order valence-electron chi connectivity index (χ1n) is 6.45. The fraction of sp³-hybridized carbons (Fsp3) is 0.267. The van der Waals surface area contributed by atoms with Crippen molar-refractivity contribution in [3.05, 3.63) is 48.7 Å². The Balaban J connectivity index is 0.00000288. The van der Waals surface area contributed by atoms with E-state index in [4.69, 9.17) is 9.47 Å². The van der Waals surface area contributed by atoms with Crippen molar-refractivity contribution in [1.82, 2.24) is 4.57 Å². The van der Waals surface area contributed by atoms with Crippen molar-refractivity contribution in [3.8, 4) is 17.0 Å². The average molecular weight is 588 g/mol. The van der Waals surface area contributed by atoms with Crippen molar-refractivity contribution < 1.29 is 51.0 Å². The summed E-state index contributed by atoms with van der Waals surface area (Å²) in [5.74, 6) is 0.552. The second-order valence-corrected chi connectivity index (χ2v) is 6.50. The summed E-state index contributed by atoms with van der Waals surface area (Å²) in [6.45, 7) is -0.590. The number of rotatable bonds is 6. The van der Waals surface area contributed by atoms with Crippen molar-refractivity contribution >= 4 is 38.5 Å². The maximum Gasteiger partial charge on any atom is 0.256 e. The second kappa shape index (κ2) is 10.3. The molecule has 1 aromatic heterocycles. The van der Waals surface area contributed by atoms with Gasteiger partial charge in [0.1, 0.15) is 5.75 Å². The van der Waals surface area contributed by atoms with Gasteiger partial charge in [-0.3, -0.25) is 4.79 Å². The Morgan fingerprint density at radius 2 is 2.12 bits per heavy atom. The van der Waals surface area contributed by atoms with Crippen LogP contribution in [0.25, 0.3) is 11.3 Å². The van der Waals surface area contributed by atoms with E-state index < -0.39 is 18.5 Å². The van der Waals surface area contributed by atoms with Crippen LogP contribution >= 0.6 is 38.5 Å². The van der Waals surface area contributed by atoms with E-state index in [0.717, 1.165) is 4.57 Å². The van der Waals surface area contributed by atoms with Crippen LogP contribution < -0.4 is 10.3 Å². The van der Waals surface area contributed by atoms with E-state index in [-0.39, 0.29) is 39.5 Å². The van der Waals surface area contributed by atoms with Gasteiger partial charge in [0, 0.05) is 39.8 Å². The van der Waals surface area contributed by atoms with Crippen molar-refractivity contribution in [2.24, 2.45) is 0 Å². The summed E-state index contributed by atoms with van der Waals surface area (Å²) < 4.78 is 37.7. The van der Waals surface area contributed by atoms with E-state index in [1.54, 1.807) is 40.8 Å². The van der Waals surface area contributed by atoms with Crippen LogP contribution in [0.1, 0.15) is 0 Å². The molecule has 0 saturated heterocycles. The number of methoxy groups -OCH3 is 1. The molecular formula is C15H12BrF2INO3Y-. The molecule has 24 heavy (non-hydrogen) atoms. The van der Waals surface area contributed by atoms with Crippen LogP contribution in [0.15, 0.2) is 33.5 Å². The van der Waals surface area contributed by atoms with Crippen LogP contribution in [0.2, 0.25) is 0 Å². The molecule has 1 heterocycles. The van der Waals surface area contributed by atoms with Crippen LogP contribution in [-0.4, -0.2) is 24.9 Å². The molecule has 0 bridgehead atoms. The number of halogens is 4. The van der Waals surface area contributed by atoms with Crippen LogP contribution in [-0.2, 0) is 44.0 Å². The van der Waals surface area contributed by atoms with E-state index >= 15 is 0 Å².